The van der Waals surface area contributed by atoms with Gasteiger partial charge in [0.2, 0.25) is 0 Å². The first-order valence-electron chi connectivity index (χ1n) is 5.07. The minimum absolute atomic E-state index is 0.426. The second-order valence-electron chi connectivity index (χ2n) is 3.97. The number of nitrogens with zero attached hydrogens (tertiary/aromatic N) is 1. The fourth-order valence-corrected chi connectivity index (χ4v) is 1.63. The van der Waals surface area contributed by atoms with Crippen molar-refractivity contribution in [2.45, 2.75) is 25.0 Å². The van der Waals surface area contributed by atoms with Gasteiger partial charge in [-0.25, -0.2) is 0 Å². The Hall–Kier alpha value is -0.930. The maximum atomic E-state index is 5.20. The lowest BCUT2D eigenvalue weighted by molar-refractivity contribution is 0.405. The second-order valence-corrected chi connectivity index (χ2v) is 3.97. The van der Waals surface area contributed by atoms with Crippen molar-refractivity contribution in [1.82, 2.24) is 4.98 Å². The van der Waals surface area contributed by atoms with E-state index >= 15 is 0 Å². The monoisotopic (exact) mass is 191 g/mol. The van der Waals surface area contributed by atoms with E-state index in [0.29, 0.717) is 12.2 Å². The average molecular weight is 191 g/mol. The minimum Gasteiger partial charge on any atom is -0.373 e. The standard InChI is InChI=1S/C11H13NO2/c1-2-12-9(5-11-7-14-11)3-8(1)4-10-6-13-10/h1-3,10-11H,4-7H2. The molecule has 0 radical (unpaired) electrons. The number of hydrogen-bond donors (Lipinski definition) is 0. The summed E-state index contributed by atoms with van der Waals surface area (Å²) in [6, 6.07) is 4.24. The van der Waals surface area contributed by atoms with Gasteiger partial charge in [-0.3, -0.25) is 4.98 Å². The van der Waals surface area contributed by atoms with E-state index in [2.05, 4.69) is 17.1 Å². The van der Waals surface area contributed by atoms with Crippen LogP contribution in [0.5, 0.6) is 0 Å². The highest BCUT2D eigenvalue weighted by Crippen LogP contribution is 2.18. The summed E-state index contributed by atoms with van der Waals surface area (Å²) in [5, 5.41) is 0. The number of hydrogen-bond acceptors (Lipinski definition) is 3. The van der Waals surface area contributed by atoms with Crippen LogP contribution in [0.15, 0.2) is 18.3 Å². The molecule has 2 unspecified atom stereocenters. The first-order chi connectivity index (χ1) is 6.90. The van der Waals surface area contributed by atoms with E-state index in [9.17, 15) is 0 Å². The highest BCUT2D eigenvalue weighted by molar-refractivity contribution is 5.19. The maximum absolute atomic E-state index is 5.20. The molecule has 3 nitrogen and oxygen atoms in total. The zero-order valence-corrected chi connectivity index (χ0v) is 7.98. The molecule has 0 N–H and O–H groups in total. The van der Waals surface area contributed by atoms with Crippen LogP contribution in [-0.4, -0.2) is 30.4 Å². The lowest BCUT2D eigenvalue weighted by Gasteiger charge is -2.01. The van der Waals surface area contributed by atoms with Crippen LogP contribution in [-0.2, 0) is 22.3 Å². The molecule has 2 fully saturated rings. The van der Waals surface area contributed by atoms with Gasteiger partial charge in [0.15, 0.2) is 0 Å². The lowest BCUT2D eigenvalue weighted by Crippen LogP contribution is -1.99. The lowest BCUT2D eigenvalue weighted by atomic mass is 10.1. The van der Waals surface area contributed by atoms with Gasteiger partial charge in [0.05, 0.1) is 25.4 Å². The van der Waals surface area contributed by atoms with Crippen molar-refractivity contribution >= 4 is 0 Å². The summed E-state index contributed by atoms with van der Waals surface area (Å²) in [5.74, 6) is 0. The van der Waals surface area contributed by atoms with Gasteiger partial charge in [-0.05, 0) is 17.7 Å². The Bertz CT molecular complexity index is 303. The van der Waals surface area contributed by atoms with E-state index in [1.54, 1.807) is 0 Å². The predicted octanol–water partition coefficient (Wildman–Crippen LogP) is 0.964. The van der Waals surface area contributed by atoms with Crippen molar-refractivity contribution in [2.24, 2.45) is 0 Å². The van der Waals surface area contributed by atoms with Crippen molar-refractivity contribution in [3.05, 3.63) is 29.6 Å². The minimum atomic E-state index is 0.426. The predicted molar refractivity (Wildman–Crippen MR) is 51.1 cm³/mol. The molecule has 3 rings (SSSR count). The Morgan fingerprint density at radius 2 is 1.93 bits per heavy atom. The summed E-state index contributed by atoms with van der Waals surface area (Å²) in [5.41, 5.74) is 2.48. The third-order valence-corrected chi connectivity index (χ3v) is 2.59. The molecule has 0 aromatic carbocycles. The van der Waals surface area contributed by atoms with Gasteiger partial charge in [-0.15, -0.1) is 0 Å². The summed E-state index contributed by atoms with van der Waals surface area (Å²) in [4.78, 5) is 4.33. The third-order valence-electron chi connectivity index (χ3n) is 2.59. The van der Waals surface area contributed by atoms with Crippen LogP contribution in [0, 0.1) is 0 Å². The fraction of sp³-hybridized carbons (Fsp3) is 0.545. The quantitative estimate of drug-likeness (QED) is 0.665. The molecule has 2 atom stereocenters. The van der Waals surface area contributed by atoms with E-state index in [1.807, 2.05) is 6.20 Å². The Labute approximate surface area is 83.1 Å². The fourth-order valence-electron chi connectivity index (χ4n) is 1.63. The zero-order chi connectivity index (χ0) is 9.38. The van der Waals surface area contributed by atoms with Gasteiger partial charge in [-0.1, -0.05) is 0 Å². The maximum Gasteiger partial charge on any atom is 0.0865 e. The summed E-state index contributed by atoms with van der Waals surface area (Å²) in [6.45, 7) is 1.82. The molecule has 3 heteroatoms. The van der Waals surface area contributed by atoms with E-state index in [0.717, 1.165) is 31.7 Å². The Kier molecular flexibility index (Phi) is 2.00. The molecule has 14 heavy (non-hydrogen) atoms. The SMILES string of the molecule is c1cc(CC2CO2)cc(CC2CO2)n1. The number of rotatable bonds is 4. The number of pyridine rings is 1. The van der Waals surface area contributed by atoms with E-state index < -0.39 is 0 Å². The molecule has 0 bridgehead atoms. The average Bonchev–Trinajstić information content (AvgIpc) is 3.00. The largest absolute Gasteiger partial charge is 0.373 e. The first kappa shape index (κ1) is 8.38. The summed E-state index contributed by atoms with van der Waals surface area (Å²) in [7, 11) is 0. The third kappa shape index (κ3) is 2.11. The van der Waals surface area contributed by atoms with Crippen LogP contribution in [0.4, 0.5) is 0 Å². The highest BCUT2D eigenvalue weighted by atomic mass is 16.6. The molecular weight excluding hydrogens is 178 g/mol. The first-order valence-corrected chi connectivity index (χ1v) is 5.07. The van der Waals surface area contributed by atoms with Gasteiger partial charge in [0, 0.05) is 24.7 Å². The number of aromatic nitrogens is 1. The van der Waals surface area contributed by atoms with Crippen LogP contribution in [0.2, 0.25) is 0 Å². The molecule has 74 valence electrons. The van der Waals surface area contributed by atoms with Gasteiger partial charge in [0.25, 0.3) is 0 Å². The van der Waals surface area contributed by atoms with E-state index in [-0.39, 0.29) is 0 Å². The molecule has 2 aliphatic heterocycles. The van der Waals surface area contributed by atoms with Gasteiger partial charge in [0.1, 0.15) is 0 Å². The molecule has 3 heterocycles. The summed E-state index contributed by atoms with van der Waals surface area (Å²) in [6.07, 6.45) is 4.76. The van der Waals surface area contributed by atoms with Crippen LogP contribution in [0.3, 0.4) is 0 Å². The van der Waals surface area contributed by atoms with Crippen LogP contribution in [0.25, 0.3) is 0 Å². The Balaban J connectivity index is 1.68. The number of epoxide rings is 2. The van der Waals surface area contributed by atoms with Crippen LogP contribution >= 0.6 is 0 Å². The smallest absolute Gasteiger partial charge is 0.0865 e. The molecule has 0 spiro atoms. The normalized spacial score (nSPS) is 28.9. The number of ether oxygens (including phenoxy) is 2. The van der Waals surface area contributed by atoms with E-state index in [1.165, 1.54) is 5.56 Å². The van der Waals surface area contributed by atoms with Crippen molar-refractivity contribution in [2.75, 3.05) is 13.2 Å². The molecule has 0 aliphatic carbocycles. The van der Waals surface area contributed by atoms with Gasteiger partial charge in [-0.2, -0.15) is 0 Å². The summed E-state index contributed by atoms with van der Waals surface area (Å²) < 4.78 is 10.4. The molecule has 2 aliphatic rings. The van der Waals surface area contributed by atoms with Crippen LogP contribution in [0.1, 0.15) is 11.3 Å². The molecule has 1 aromatic heterocycles. The molecular formula is C11H13NO2. The zero-order valence-electron chi connectivity index (χ0n) is 7.98. The van der Waals surface area contributed by atoms with Gasteiger partial charge >= 0.3 is 0 Å². The Morgan fingerprint density at radius 3 is 2.64 bits per heavy atom. The van der Waals surface area contributed by atoms with Gasteiger partial charge < -0.3 is 9.47 Å². The second kappa shape index (κ2) is 3.33. The molecule has 1 aromatic rings. The summed E-state index contributed by atoms with van der Waals surface area (Å²) >= 11 is 0. The van der Waals surface area contributed by atoms with Crippen molar-refractivity contribution < 1.29 is 9.47 Å². The molecule has 0 amide bonds. The van der Waals surface area contributed by atoms with Crippen LogP contribution < -0.4 is 0 Å². The molecule has 0 saturated carbocycles. The molecule has 2 saturated heterocycles. The Morgan fingerprint density at radius 1 is 1.21 bits per heavy atom. The van der Waals surface area contributed by atoms with Crippen molar-refractivity contribution in [1.29, 1.82) is 0 Å². The topological polar surface area (TPSA) is 38.0 Å². The highest BCUT2D eigenvalue weighted by Gasteiger charge is 2.25. The van der Waals surface area contributed by atoms with Crippen molar-refractivity contribution in [3.63, 3.8) is 0 Å². The van der Waals surface area contributed by atoms with E-state index in [4.69, 9.17) is 9.47 Å². The van der Waals surface area contributed by atoms with Crippen molar-refractivity contribution in [3.8, 4) is 0 Å².